The first-order chi connectivity index (χ1) is 12.5. The van der Waals surface area contributed by atoms with E-state index in [4.69, 9.17) is 20.9 Å². The van der Waals surface area contributed by atoms with Crippen molar-refractivity contribution in [1.82, 2.24) is 10.1 Å². The number of carbonyl (C=O) groups is 1. The van der Waals surface area contributed by atoms with Crippen molar-refractivity contribution in [3.8, 4) is 11.4 Å². The van der Waals surface area contributed by atoms with Crippen LogP contribution in [0, 0.1) is 17.0 Å². The lowest BCUT2D eigenvalue weighted by Gasteiger charge is -2.04. The van der Waals surface area contributed by atoms with Crippen molar-refractivity contribution in [3.05, 3.63) is 74.6 Å². The summed E-state index contributed by atoms with van der Waals surface area (Å²) in [7, 11) is 0. The van der Waals surface area contributed by atoms with Gasteiger partial charge in [0.25, 0.3) is 11.6 Å². The van der Waals surface area contributed by atoms with Gasteiger partial charge in [0.1, 0.15) is 5.56 Å². The number of hydrogen-bond acceptors (Lipinski definition) is 7. The average molecular weight is 374 g/mol. The number of carbonyl (C=O) groups excluding carboxylic acids is 1. The number of benzene rings is 2. The lowest BCUT2D eigenvalue weighted by molar-refractivity contribution is -0.385. The van der Waals surface area contributed by atoms with Crippen LogP contribution in [-0.4, -0.2) is 21.0 Å². The molecule has 0 amide bonds. The molecule has 26 heavy (non-hydrogen) atoms. The summed E-state index contributed by atoms with van der Waals surface area (Å²) in [6.45, 7) is 1.23. The SMILES string of the molecule is Cc1cccc(C(=O)OCc2nc(-c3ccccc3Cl)no2)c1[N+](=O)[O-]. The number of aromatic nitrogens is 2. The predicted molar refractivity (Wildman–Crippen MR) is 91.7 cm³/mol. The van der Waals surface area contributed by atoms with Crippen LogP contribution in [0.3, 0.4) is 0 Å². The fourth-order valence-corrected chi connectivity index (χ4v) is 2.56. The normalized spacial score (nSPS) is 10.5. The topological polar surface area (TPSA) is 108 Å². The van der Waals surface area contributed by atoms with Crippen LogP contribution in [0.2, 0.25) is 5.02 Å². The second-order valence-corrected chi connectivity index (χ2v) is 5.70. The third-order valence-electron chi connectivity index (χ3n) is 3.55. The molecule has 9 heteroatoms. The van der Waals surface area contributed by atoms with Crippen molar-refractivity contribution in [2.45, 2.75) is 13.5 Å². The Morgan fingerprint density at radius 1 is 1.27 bits per heavy atom. The number of rotatable bonds is 5. The summed E-state index contributed by atoms with van der Waals surface area (Å²) in [4.78, 5) is 26.8. The first kappa shape index (κ1) is 17.6. The number of halogens is 1. The van der Waals surface area contributed by atoms with Crippen molar-refractivity contribution in [1.29, 1.82) is 0 Å². The summed E-state index contributed by atoms with van der Waals surface area (Å²) >= 11 is 6.07. The van der Waals surface area contributed by atoms with E-state index in [0.717, 1.165) is 0 Å². The molecule has 2 aromatic carbocycles. The molecule has 132 valence electrons. The van der Waals surface area contributed by atoms with Crippen LogP contribution in [0.1, 0.15) is 21.8 Å². The van der Waals surface area contributed by atoms with Crippen LogP contribution in [0.25, 0.3) is 11.4 Å². The summed E-state index contributed by atoms with van der Waals surface area (Å²) < 4.78 is 10.1. The van der Waals surface area contributed by atoms with Crippen molar-refractivity contribution in [2.24, 2.45) is 0 Å². The van der Waals surface area contributed by atoms with Gasteiger partial charge in [0.05, 0.1) is 9.95 Å². The zero-order chi connectivity index (χ0) is 18.7. The minimum absolute atomic E-state index is 0.0450. The Labute approximate surface area is 152 Å². The fraction of sp³-hybridized carbons (Fsp3) is 0.118. The van der Waals surface area contributed by atoms with Gasteiger partial charge in [-0.1, -0.05) is 41.0 Å². The molecule has 3 rings (SSSR count). The van der Waals surface area contributed by atoms with Crippen LogP contribution < -0.4 is 0 Å². The third kappa shape index (κ3) is 3.55. The maximum Gasteiger partial charge on any atom is 0.345 e. The summed E-state index contributed by atoms with van der Waals surface area (Å²) in [5.41, 5.74) is 0.508. The molecule has 1 heterocycles. The van der Waals surface area contributed by atoms with E-state index in [2.05, 4.69) is 10.1 Å². The van der Waals surface area contributed by atoms with Gasteiger partial charge in [-0.3, -0.25) is 10.1 Å². The number of nitro benzene ring substituents is 1. The van der Waals surface area contributed by atoms with Crippen molar-refractivity contribution in [2.75, 3.05) is 0 Å². The monoisotopic (exact) mass is 373 g/mol. The number of aryl methyl sites for hydroxylation is 1. The maximum atomic E-state index is 12.2. The van der Waals surface area contributed by atoms with Crippen molar-refractivity contribution >= 4 is 23.3 Å². The molecule has 0 saturated carbocycles. The van der Waals surface area contributed by atoms with Gasteiger partial charge in [0, 0.05) is 11.1 Å². The zero-order valence-electron chi connectivity index (χ0n) is 13.5. The molecule has 0 radical (unpaired) electrons. The molecule has 0 spiro atoms. The Bertz CT molecular complexity index is 986. The summed E-state index contributed by atoms with van der Waals surface area (Å²) in [5, 5.41) is 15.4. The van der Waals surface area contributed by atoms with E-state index in [0.29, 0.717) is 16.1 Å². The average Bonchev–Trinajstić information content (AvgIpc) is 3.08. The van der Waals surface area contributed by atoms with Gasteiger partial charge in [0.15, 0.2) is 6.61 Å². The highest BCUT2D eigenvalue weighted by Gasteiger charge is 2.24. The van der Waals surface area contributed by atoms with Gasteiger partial charge >= 0.3 is 5.97 Å². The fourth-order valence-electron chi connectivity index (χ4n) is 2.34. The molecule has 0 unspecified atom stereocenters. The Morgan fingerprint density at radius 2 is 2.04 bits per heavy atom. The highest BCUT2D eigenvalue weighted by atomic mass is 35.5. The van der Waals surface area contributed by atoms with E-state index in [1.165, 1.54) is 6.07 Å². The van der Waals surface area contributed by atoms with Crippen molar-refractivity contribution in [3.63, 3.8) is 0 Å². The van der Waals surface area contributed by atoms with Gasteiger partial charge in [-0.05, 0) is 25.1 Å². The first-order valence-electron chi connectivity index (χ1n) is 7.46. The van der Waals surface area contributed by atoms with E-state index in [1.54, 1.807) is 43.3 Å². The van der Waals surface area contributed by atoms with E-state index >= 15 is 0 Å². The Morgan fingerprint density at radius 3 is 2.77 bits per heavy atom. The molecule has 0 aliphatic heterocycles. The van der Waals surface area contributed by atoms with Gasteiger partial charge in [-0.15, -0.1) is 0 Å². The number of nitro groups is 1. The Balaban J connectivity index is 1.75. The molecule has 3 aromatic rings. The largest absolute Gasteiger partial charge is 0.452 e. The van der Waals surface area contributed by atoms with Gasteiger partial charge in [-0.25, -0.2) is 4.79 Å². The van der Waals surface area contributed by atoms with Gasteiger partial charge in [0.2, 0.25) is 5.82 Å². The number of nitrogens with zero attached hydrogens (tertiary/aromatic N) is 3. The van der Waals surface area contributed by atoms with Gasteiger partial charge in [-0.2, -0.15) is 4.98 Å². The molecule has 8 nitrogen and oxygen atoms in total. The molecule has 0 fully saturated rings. The smallest absolute Gasteiger partial charge is 0.345 e. The van der Waals surface area contributed by atoms with Crippen LogP contribution >= 0.6 is 11.6 Å². The van der Waals surface area contributed by atoms with Gasteiger partial charge < -0.3 is 9.26 Å². The highest BCUT2D eigenvalue weighted by Crippen LogP contribution is 2.26. The van der Waals surface area contributed by atoms with E-state index < -0.39 is 10.9 Å². The highest BCUT2D eigenvalue weighted by molar-refractivity contribution is 6.33. The van der Waals surface area contributed by atoms with Crippen LogP contribution in [-0.2, 0) is 11.3 Å². The zero-order valence-corrected chi connectivity index (χ0v) is 14.3. The number of hydrogen-bond donors (Lipinski definition) is 0. The second kappa shape index (κ2) is 7.32. The molecule has 0 bridgehead atoms. The summed E-state index contributed by atoms with van der Waals surface area (Å²) in [6.07, 6.45) is 0. The van der Waals surface area contributed by atoms with E-state index in [9.17, 15) is 14.9 Å². The lowest BCUT2D eigenvalue weighted by atomic mass is 10.1. The molecule has 1 aromatic heterocycles. The summed E-state index contributed by atoms with van der Waals surface area (Å²) in [5.74, 6) is -0.551. The number of para-hydroxylation sites is 1. The van der Waals surface area contributed by atoms with Crippen LogP contribution in [0.4, 0.5) is 5.69 Å². The maximum absolute atomic E-state index is 12.2. The molecule has 0 aliphatic rings. The Kier molecular flexibility index (Phi) is 4.94. The number of ether oxygens (including phenoxy) is 1. The van der Waals surface area contributed by atoms with Crippen LogP contribution in [0.15, 0.2) is 47.0 Å². The second-order valence-electron chi connectivity index (χ2n) is 5.30. The molecule has 0 aliphatic carbocycles. The third-order valence-corrected chi connectivity index (χ3v) is 3.88. The van der Waals surface area contributed by atoms with E-state index in [1.807, 2.05) is 0 Å². The first-order valence-corrected chi connectivity index (χ1v) is 7.84. The predicted octanol–water partition coefficient (Wildman–Crippen LogP) is 3.96. The standard InChI is InChI=1S/C17H12ClN3O5/c1-10-5-4-7-12(15(10)21(23)24)17(22)25-9-14-19-16(20-26-14)11-6-2-3-8-13(11)18/h2-8H,9H2,1H3. The van der Waals surface area contributed by atoms with Crippen molar-refractivity contribution < 1.29 is 19.0 Å². The van der Waals surface area contributed by atoms with E-state index in [-0.39, 0.29) is 29.6 Å². The minimum Gasteiger partial charge on any atom is -0.452 e. The molecular weight excluding hydrogens is 362 g/mol. The minimum atomic E-state index is -0.849. The summed E-state index contributed by atoms with van der Waals surface area (Å²) in [6, 6.07) is 11.4. The molecule has 0 saturated heterocycles. The molecule has 0 atom stereocenters. The number of esters is 1. The molecule has 0 N–H and O–H groups in total. The molecular formula is C17H12ClN3O5. The lowest BCUT2D eigenvalue weighted by Crippen LogP contribution is -2.09. The Hall–Kier alpha value is -3.26. The van der Waals surface area contributed by atoms with Crippen LogP contribution in [0.5, 0.6) is 0 Å². The quantitative estimate of drug-likeness (QED) is 0.378.